The van der Waals surface area contributed by atoms with Gasteiger partial charge in [-0.2, -0.15) is 0 Å². The summed E-state index contributed by atoms with van der Waals surface area (Å²) in [5.74, 6) is 1.59. The first-order valence-corrected chi connectivity index (χ1v) is 5.30. The Labute approximate surface area is 88.1 Å². The minimum absolute atomic E-state index is 0.0733. The van der Waals surface area contributed by atoms with Gasteiger partial charge in [0.15, 0.2) is 5.65 Å². The van der Waals surface area contributed by atoms with Crippen LogP contribution in [0.5, 0.6) is 0 Å². The summed E-state index contributed by atoms with van der Waals surface area (Å²) < 4.78 is 2.01. The van der Waals surface area contributed by atoms with Crippen molar-refractivity contribution in [3.8, 4) is 0 Å². The standard InChI is InChI=1S/C11H14N4/c1-15-10-8(3-2-6-13-10)14-11(15)9(12)7-4-5-7/h2-3,6-7,9H,4-5,12H2,1H3. The number of fused-ring (bicyclic) bond motifs is 1. The van der Waals surface area contributed by atoms with Crippen molar-refractivity contribution in [3.05, 3.63) is 24.2 Å². The van der Waals surface area contributed by atoms with Gasteiger partial charge < -0.3 is 10.3 Å². The molecular formula is C11H14N4. The van der Waals surface area contributed by atoms with Gasteiger partial charge in [0, 0.05) is 13.2 Å². The van der Waals surface area contributed by atoms with Gasteiger partial charge in [-0.1, -0.05) is 0 Å². The van der Waals surface area contributed by atoms with Crippen LogP contribution in [0.2, 0.25) is 0 Å². The van der Waals surface area contributed by atoms with Gasteiger partial charge in [0.05, 0.1) is 6.04 Å². The molecule has 2 N–H and O–H groups in total. The Bertz CT molecular complexity index is 498. The Morgan fingerprint density at radius 2 is 2.33 bits per heavy atom. The van der Waals surface area contributed by atoms with Crippen LogP contribution in [0.1, 0.15) is 24.7 Å². The molecule has 2 heterocycles. The van der Waals surface area contributed by atoms with E-state index in [4.69, 9.17) is 5.73 Å². The largest absolute Gasteiger partial charge is 0.321 e. The van der Waals surface area contributed by atoms with Crippen LogP contribution in [0.4, 0.5) is 0 Å². The average molecular weight is 202 g/mol. The molecule has 0 aromatic carbocycles. The van der Waals surface area contributed by atoms with Crippen molar-refractivity contribution in [3.63, 3.8) is 0 Å². The molecule has 4 nitrogen and oxygen atoms in total. The molecule has 0 amide bonds. The fourth-order valence-electron chi connectivity index (χ4n) is 2.01. The van der Waals surface area contributed by atoms with Crippen molar-refractivity contribution in [2.24, 2.45) is 18.7 Å². The Hall–Kier alpha value is -1.42. The minimum atomic E-state index is 0.0733. The molecule has 1 atom stereocenters. The molecule has 1 aliphatic carbocycles. The molecule has 1 unspecified atom stereocenters. The molecule has 2 aromatic heterocycles. The number of nitrogens with two attached hydrogens (primary N) is 1. The van der Waals surface area contributed by atoms with E-state index in [0.29, 0.717) is 5.92 Å². The first-order valence-electron chi connectivity index (χ1n) is 5.30. The highest BCUT2D eigenvalue weighted by Crippen LogP contribution is 2.39. The van der Waals surface area contributed by atoms with Crippen molar-refractivity contribution in [1.29, 1.82) is 0 Å². The van der Waals surface area contributed by atoms with Gasteiger partial charge in [-0.25, -0.2) is 9.97 Å². The lowest BCUT2D eigenvalue weighted by atomic mass is 10.2. The van der Waals surface area contributed by atoms with Crippen molar-refractivity contribution >= 4 is 11.2 Å². The minimum Gasteiger partial charge on any atom is -0.321 e. The molecule has 2 aromatic rings. The molecule has 0 aliphatic heterocycles. The van der Waals surface area contributed by atoms with Crippen LogP contribution in [-0.2, 0) is 7.05 Å². The summed E-state index contributed by atoms with van der Waals surface area (Å²) in [5, 5.41) is 0. The van der Waals surface area contributed by atoms with Gasteiger partial charge in [0.2, 0.25) is 0 Å². The van der Waals surface area contributed by atoms with Crippen molar-refractivity contribution in [2.75, 3.05) is 0 Å². The molecule has 3 rings (SSSR count). The van der Waals surface area contributed by atoms with E-state index in [0.717, 1.165) is 17.0 Å². The quantitative estimate of drug-likeness (QED) is 0.800. The van der Waals surface area contributed by atoms with Crippen LogP contribution in [0.3, 0.4) is 0 Å². The number of aryl methyl sites for hydroxylation is 1. The van der Waals surface area contributed by atoms with Gasteiger partial charge in [0.25, 0.3) is 0 Å². The molecule has 4 heteroatoms. The molecule has 0 spiro atoms. The molecular weight excluding hydrogens is 188 g/mol. The van der Waals surface area contributed by atoms with Gasteiger partial charge in [0.1, 0.15) is 11.3 Å². The van der Waals surface area contributed by atoms with E-state index >= 15 is 0 Å². The van der Waals surface area contributed by atoms with Gasteiger partial charge in [-0.15, -0.1) is 0 Å². The second-order valence-electron chi connectivity index (χ2n) is 4.24. The molecule has 1 saturated carbocycles. The van der Waals surface area contributed by atoms with E-state index in [2.05, 4.69) is 9.97 Å². The van der Waals surface area contributed by atoms with E-state index < -0.39 is 0 Å². The average Bonchev–Trinajstić information content (AvgIpc) is 3.04. The number of nitrogens with zero attached hydrogens (tertiary/aromatic N) is 3. The predicted molar refractivity (Wildman–Crippen MR) is 58.2 cm³/mol. The van der Waals surface area contributed by atoms with Crippen molar-refractivity contribution in [2.45, 2.75) is 18.9 Å². The number of hydrogen-bond acceptors (Lipinski definition) is 3. The Balaban J connectivity index is 2.14. The third kappa shape index (κ3) is 1.33. The molecule has 78 valence electrons. The predicted octanol–water partition coefficient (Wildman–Crippen LogP) is 1.38. The third-order valence-electron chi connectivity index (χ3n) is 3.09. The molecule has 0 saturated heterocycles. The Morgan fingerprint density at radius 1 is 1.53 bits per heavy atom. The van der Waals surface area contributed by atoms with Crippen LogP contribution < -0.4 is 5.73 Å². The topological polar surface area (TPSA) is 56.7 Å². The van der Waals surface area contributed by atoms with E-state index in [1.165, 1.54) is 12.8 Å². The van der Waals surface area contributed by atoms with E-state index in [1.54, 1.807) is 6.20 Å². The fraction of sp³-hybridized carbons (Fsp3) is 0.455. The number of rotatable bonds is 2. The van der Waals surface area contributed by atoms with Crippen molar-refractivity contribution in [1.82, 2.24) is 14.5 Å². The second-order valence-corrected chi connectivity index (χ2v) is 4.24. The number of aromatic nitrogens is 3. The summed E-state index contributed by atoms with van der Waals surface area (Å²) >= 11 is 0. The smallest absolute Gasteiger partial charge is 0.159 e. The highest BCUT2D eigenvalue weighted by Gasteiger charge is 2.32. The van der Waals surface area contributed by atoms with Crippen LogP contribution in [0.25, 0.3) is 11.2 Å². The number of imidazole rings is 1. The molecule has 0 bridgehead atoms. The van der Waals surface area contributed by atoms with Gasteiger partial charge in [-0.3, -0.25) is 0 Å². The van der Waals surface area contributed by atoms with Crippen LogP contribution in [0.15, 0.2) is 18.3 Å². The molecule has 1 aliphatic rings. The summed E-state index contributed by atoms with van der Waals surface area (Å²) in [6.07, 6.45) is 4.26. The maximum atomic E-state index is 6.15. The highest BCUT2D eigenvalue weighted by molar-refractivity contribution is 5.71. The van der Waals surface area contributed by atoms with Crippen LogP contribution in [-0.4, -0.2) is 14.5 Å². The number of hydrogen-bond donors (Lipinski definition) is 1. The fourth-order valence-corrected chi connectivity index (χ4v) is 2.01. The van der Waals surface area contributed by atoms with E-state index in [1.807, 2.05) is 23.7 Å². The summed E-state index contributed by atoms with van der Waals surface area (Å²) in [7, 11) is 1.99. The van der Waals surface area contributed by atoms with Gasteiger partial charge in [-0.05, 0) is 30.9 Å². The zero-order chi connectivity index (χ0) is 10.4. The lowest BCUT2D eigenvalue weighted by molar-refractivity contribution is 0.573. The summed E-state index contributed by atoms with van der Waals surface area (Å²) in [6, 6.07) is 3.96. The summed E-state index contributed by atoms with van der Waals surface area (Å²) in [6.45, 7) is 0. The highest BCUT2D eigenvalue weighted by atomic mass is 15.1. The normalized spacial score (nSPS) is 18.3. The summed E-state index contributed by atoms with van der Waals surface area (Å²) in [5.41, 5.74) is 8.01. The first-order chi connectivity index (χ1) is 7.27. The third-order valence-corrected chi connectivity index (χ3v) is 3.09. The summed E-state index contributed by atoms with van der Waals surface area (Å²) in [4.78, 5) is 8.86. The Kier molecular flexibility index (Phi) is 1.79. The van der Waals surface area contributed by atoms with Gasteiger partial charge >= 0.3 is 0 Å². The first kappa shape index (κ1) is 8.85. The van der Waals surface area contributed by atoms with E-state index in [-0.39, 0.29) is 6.04 Å². The lowest BCUT2D eigenvalue weighted by Crippen LogP contribution is -2.17. The second kappa shape index (κ2) is 3.03. The zero-order valence-corrected chi connectivity index (χ0v) is 8.72. The number of pyridine rings is 1. The van der Waals surface area contributed by atoms with Crippen molar-refractivity contribution < 1.29 is 0 Å². The SMILES string of the molecule is Cn1c(C(N)C2CC2)nc2cccnc21. The van der Waals surface area contributed by atoms with Crippen LogP contribution >= 0.6 is 0 Å². The monoisotopic (exact) mass is 202 g/mol. The van der Waals surface area contributed by atoms with E-state index in [9.17, 15) is 0 Å². The molecule has 1 fully saturated rings. The van der Waals surface area contributed by atoms with Crippen LogP contribution in [0, 0.1) is 5.92 Å². The maximum absolute atomic E-state index is 6.15. The maximum Gasteiger partial charge on any atom is 0.159 e. The lowest BCUT2D eigenvalue weighted by Gasteiger charge is -2.09. The Morgan fingerprint density at radius 3 is 3.00 bits per heavy atom. The zero-order valence-electron chi connectivity index (χ0n) is 8.72. The molecule has 0 radical (unpaired) electrons. The molecule has 15 heavy (non-hydrogen) atoms.